The predicted octanol–water partition coefficient (Wildman–Crippen LogP) is 3.89. The van der Waals surface area contributed by atoms with E-state index in [1.807, 2.05) is 24.3 Å². The fraction of sp³-hybridized carbons (Fsp3) is 0.278. The summed E-state index contributed by atoms with van der Waals surface area (Å²) in [7, 11) is 1.68. The van der Waals surface area contributed by atoms with E-state index in [4.69, 9.17) is 10.00 Å². The fourth-order valence-electron chi connectivity index (χ4n) is 3.23. The topological polar surface area (TPSA) is 33.0 Å². The molecule has 0 unspecified atom stereocenters. The number of hydrogen-bond donors (Lipinski definition) is 0. The third kappa shape index (κ3) is 2.06. The highest BCUT2D eigenvalue weighted by Crippen LogP contribution is 2.42. The van der Waals surface area contributed by atoms with Gasteiger partial charge in [-0.3, -0.25) is 0 Å². The summed E-state index contributed by atoms with van der Waals surface area (Å²) in [6.45, 7) is 2.28. The maximum absolute atomic E-state index is 9.09. The molecule has 0 aromatic heterocycles. The van der Waals surface area contributed by atoms with Crippen molar-refractivity contribution >= 4 is 0 Å². The summed E-state index contributed by atoms with van der Waals surface area (Å²) in [5, 5.41) is 9.09. The highest BCUT2D eigenvalue weighted by molar-refractivity contribution is 5.48. The first-order valence-corrected chi connectivity index (χ1v) is 6.90. The van der Waals surface area contributed by atoms with E-state index in [2.05, 4.69) is 31.2 Å². The summed E-state index contributed by atoms with van der Waals surface area (Å²) in [6.07, 6.45) is 1.08. The van der Waals surface area contributed by atoms with E-state index in [-0.39, 0.29) is 0 Å². The second-order valence-electron chi connectivity index (χ2n) is 5.46. The molecule has 3 rings (SSSR count). The van der Waals surface area contributed by atoms with Gasteiger partial charge in [-0.1, -0.05) is 25.1 Å². The van der Waals surface area contributed by atoms with Crippen LogP contribution in [0.2, 0.25) is 0 Å². The Morgan fingerprint density at radius 2 is 1.90 bits per heavy atom. The van der Waals surface area contributed by atoms with Crippen molar-refractivity contribution in [3.63, 3.8) is 0 Å². The minimum Gasteiger partial charge on any atom is -0.497 e. The molecular formula is C18H17NO. The van der Waals surface area contributed by atoms with Gasteiger partial charge >= 0.3 is 0 Å². The summed E-state index contributed by atoms with van der Waals surface area (Å²) in [5.74, 6) is 1.82. The first-order valence-electron chi connectivity index (χ1n) is 6.90. The number of fused-ring (bicyclic) bond motifs is 1. The van der Waals surface area contributed by atoms with E-state index >= 15 is 0 Å². The van der Waals surface area contributed by atoms with Gasteiger partial charge in [-0.05, 0) is 53.3 Å². The highest BCUT2D eigenvalue weighted by atomic mass is 16.5. The zero-order chi connectivity index (χ0) is 14.1. The number of nitriles is 1. The van der Waals surface area contributed by atoms with Crippen LogP contribution in [0.5, 0.6) is 5.75 Å². The SMILES string of the molecule is COc1ccc([C@H]2c3cc(C#N)ccc3C[C@@H]2C)cc1. The Balaban J connectivity index is 2.04. The zero-order valence-corrected chi connectivity index (χ0v) is 11.8. The molecule has 2 heteroatoms. The van der Waals surface area contributed by atoms with Crippen LogP contribution >= 0.6 is 0 Å². The highest BCUT2D eigenvalue weighted by Gasteiger charge is 2.30. The van der Waals surface area contributed by atoms with Gasteiger partial charge in [0.25, 0.3) is 0 Å². The van der Waals surface area contributed by atoms with Gasteiger partial charge < -0.3 is 4.74 Å². The van der Waals surface area contributed by atoms with Crippen LogP contribution in [0.3, 0.4) is 0 Å². The van der Waals surface area contributed by atoms with Crippen LogP contribution in [-0.2, 0) is 6.42 Å². The van der Waals surface area contributed by atoms with Gasteiger partial charge in [-0.15, -0.1) is 0 Å². The minimum atomic E-state index is 0.379. The Morgan fingerprint density at radius 1 is 1.15 bits per heavy atom. The third-order valence-electron chi connectivity index (χ3n) is 4.20. The molecule has 1 aliphatic carbocycles. The van der Waals surface area contributed by atoms with Gasteiger partial charge in [-0.2, -0.15) is 5.26 Å². The van der Waals surface area contributed by atoms with Crippen LogP contribution in [0.15, 0.2) is 42.5 Å². The average molecular weight is 263 g/mol. The second kappa shape index (κ2) is 5.02. The summed E-state index contributed by atoms with van der Waals surface area (Å²) in [5.41, 5.74) is 4.72. The lowest BCUT2D eigenvalue weighted by Gasteiger charge is -2.18. The van der Waals surface area contributed by atoms with Crippen LogP contribution in [0.4, 0.5) is 0 Å². The summed E-state index contributed by atoms with van der Waals surface area (Å²) in [4.78, 5) is 0. The number of nitrogens with zero attached hydrogens (tertiary/aromatic N) is 1. The zero-order valence-electron chi connectivity index (χ0n) is 11.8. The molecular weight excluding hydrogens is 246 g/mol. The Hall–Kier alpha value is -2.27. The Morgan fingerprint density at radius 3 is 2.55 bits per heavy atom. The molecule has 1 aliphatic rings. The maximum Gasteiger partial charge on any atom is 0.118 e. The van der Waals surface area contributed by atoms with E-state index < -0.39 is 0 Å². The molecule has 0 N–H and O–H groups in total. The molecule has 2 atom stereocenters. The molecule has 0 saturated heterocycles. The molecule has 0 fully saturated rings. The first kappa shape index (κ1) is 12.7. The lowest BCUT2D eigenvalue weighted by atomic mass is 9.86. The van der Waals surface area contributed by atoms with Crippen molar-refractivity contribution in [2.75, 3.05) is 7.11 Å². The van der Waals surface area contributed by atoms with Crippen molar-refractivity contribution in [3.8, 4) is 11.8 Å². The van der Waals surface area contributed by atoms with E-state index in [0.717, 1.165) is 17.7 Å². The lowest BCUT2D eigenvalue weighted by Crippen LogP contribution is -2.05. The molecule has 2 aromatic carbocycles. The van der Waals surface area contributed by atoms with Gasteiger partial charge in [0.2, 0.25) is 0 Å². The minimum absolute atomic E-state index is 0.379. The van der Waals surface area contributed by atoms with Crippen LogP contribution in [0, 0.1) is 17.2 Å². The first-order chi connectivity index (χ1) is 9.72. The van der Waals surface area contributed by atoms with Crippen LogP contribution in [0.1, 0.15) is 35.1 Å². The molecule has 0 spiro atoms. The molecule has 2 nitrogen and oxygen atoms in total. The summed E-state index contributed by atoms with van der Waals surface area (Å²) >= 11 is 0. The number of ether oxygens (including phenoxy) is 1. The molecule has 100 valence electrons. The average Bonchev–Trinajstić information content (AvgIpc) is 2.82. The molecule has 0 amide bonds. The number of rotatable bonds is 2. The van der Waals surface area contributed by atoms with Crippen molar-refractivity contribution in [1.82, 2.24) is 0 Å². The number of benzene rings is 2. The Bertz CT molecular complexity index is 667. The molecule has 0 aliphatic heterocycles. The van der Waals surface area contributed by atoms with Crippen LogP contribution < -0.4 is 4.74 Å². The smallest absolute Gasteiger partial charge is 0.118 e. The van der Waals surface area contributed by atoms with Gasteiger partial charge in [0.05, 0.1) is 18.7 Å². The molecule has 2 aromatic rings. The van der Waals surface area contributed by atoms with Gasteiger partial charge in [-0.25, -0.2) is 0 Å². The van der Waals surface area contributed by atoms with Crippen LogP contribution in [0.25, 0.3) is 0 Å². The standard InChI is InChI=1S/C18H17NO/c1-12-9-15-4-3-13(11-19)10-17(15)18(12)14-5-7-16(20-2)8-6-14/h3-8,10,12,18H,9H2,1-2H3/t12-,18-/m0/s1. The monoisotopic (exact) mass is 263 g/mol. The molecule has 20 heavy (non-hydrogen) atoms. The van der Waals surface area contributed by atoms with Crippen molar-refractivity contribution in [1.29, 1.82) is 5.26 Å². The normalized spacial score (nSPS) is 20.2. The maximum atomic E-state index is 9.09. The third-order valence-corrected chi connectivity index (χ3v) is 4.20. The summed E-state index contributed by atoms with van der Waals surface area (Å²) in [6, 6.07) is 16.6. The number of methoxy groups -OCH3 is 1. The van der Waals surface area contributed by atoms with Gasteiger partial charge in [0.15, 0.2) is 0 Å². The Labute approximate surface area is 119 Å². The predicted molar refractivity (Wildman–Crippen MR) is 78.9 cm³/mol. The fourth-order valence-corrected chi connectivity index (χ4v) is 3.23. The van der Waals surface area contributed by atoms with Crippen LogP contribution in [-0.4, -0.2) is 7.11 Å². The van der Waals surface area contributed by atoms with Gasteiger partial charge in [0, 0.05) is 5.92 Å². The van der Waals surface area contributed by atoms with Crippen molar-refractivity contribution in [2.24, 2.45) is 5.92 Å². The van der Waals surface area contributed by atoms with Crippen molar-refractivity contribution in [3.05, 3.63) is 64.7 Å². The van der Waals surface area contributed by atoms with E-state index in [1.165, 1.54) is 16.7 Å². The number of hydrogen-bond acceptors (Lipinski definition) is 2. The lowest BCUT2D eigenvalue weighted by molar-refractivity contribution is 0.414. The second-order valence-corrected chi connectivity index (χ2v) is 5.46. The van der Waals surface area contributed by atoms with Gasteiger partial charge in [0.1, 0.15) is 5.75 Å². The molecule has 0 bridgehead atoms. The van der Waals surface area contributed by atoms with Crippen molar-refractivity contribution in [2.45, 2.75) is 19.3 Å². The van der Waals surface area contributed by atoms with E-state index in [9.17, 15) is 0 Å². The Kier molecular flexibility index (Phi) is 3.20. The molecule has 0 saturated carbocycles. The summed E-state index contributed by atoms with van der Waals surface area (Å²) < 4.78 is 5.22. The van der Waals surface area contributed by atoms with Crippen molar-refractivity contribution < 1.29 is 4.74 Å². The van der Waals surface area contributed by atoms with E-state index in [0.29, 0.717) is 11.8 Å². The van der Waals surface area contributed by atoms with E-state index in [1.54, 1.807) is 7.11 Å². The molecule has 0 radical (unpaired) electrons. The quantitative estimate of drug-likeness (QED) is 0.823. The largest absolute Gasteiger partial charge is 0.497 e. The molecule has 0 heterocycles.